The number of para-hydroxylation sites is 1. The molecule has 0 amide bonds. The summed E-state index contributed by atoms with van der Waals surface area (Å²) >= 11 is 6.38. The minimum Gasteiger partial charge on any atom is -0.399 e. The van der Waals surface area contributed by atoms with Crippen molar-refractivity contribution >= 4 is 33.9 Å². The van der Waals surface area contributed by atoms with E-state index in [1.54, 1.807) is 0 Å². The summed E-state index contributed by atoms with van der Waals surface area (Å²) in [7, 11) is 0. The fourth-order valence-electron chi connectivity index (χ4n) is 2.87. The molecule has 0 bridgehead atoms. The van der Waals surface area contributed by atoms with E-state index in [0.717, 1.165) is 39.8 Å². The standard InChI is InChI=1S/C18H15ClN4/c19-18-14(9-12-4-1-2-7-15(12)21-18)17-10-16(22-23-17)11-5-3-6-13(20)8-11/h1-9,17,23H,10,20H2/t17-/m0/s1. The van der Waals surface area contributed by atoms with Crippen molar-refractivity contribution < 1.29 is 0 Å². The number of nitrogens with one attached hydrogen (secondary N) is 1. The maximum absolute atomic E-state index is 6.38. The number of pyridine rings is 1. The predicted molar refractivity (Wildman–Crippen MR) is 94.6 cm³/mol. The summed E-state index contributed by atoms with van der Waals surface area (Å²) in [6.45, 7) is 0. The Bertz CT molecular complexity index is 920. The van der Waals surface area contributed by atoms with Crippen LogP contribution in [0.5, 0.6) is 0 Å². The highest BCUT2D eigenvalue weighted by atomic mass is 35.5. The Morgan fingerprint density at radius 2 is 1.96 bits per heavy atom. The molecule has 2 heterocycles. The SMILES string of the molecule is Nc1cccc(C2=NN[C@H](c3cc4ccccc4nc3Cl)C2)c1. The minimum atomic E-state index is 0.0241. The van der Waals surface area contributed by atoms with Crippen LogP contribution in [0.3, 0.4) is 0 Å². The fourth-order valence-corrected chi connectivity index (χ4v) is 3.15. The molecule has 0 spiro atoms. The van der Waals surface area contributed by atoms with E-state index in [2.05, 4.69) is 21.6 Å². The lowest BCUT2D eigenvalue weighted by Gasteiger charge is -2.13. The molecule has 3 aromatic rings. The Kier molecular flexibility index (Phi) is 3.39. The molecule has 0 saturated carbocycles. The summed E-state index contributed by atoms with van der Waals surface area (Å²) < 4.78 is 0. The van der Waals surface area contributed by atoms with Crippen LogP contribution < -0.4 is 11.2 Å². The maximum Gasteiger partial charge on any atom is 0.135 e. The molecule has 0 fully saturated rings. The number of hydrazone groups is 1. The van der Waals surface area contributed by atoms with E-state index in [1.807, 2.05) is 48.5 Å². The first-order chi connectivity index (χ1) is 11.2. The van der Waals surface area contributed by atoms with Gasteiger partial charge in [-0.3, -0.25) is 0 Å². The molecular formula is C18H15ClN4. The molecule has 23 heavy (non-hydrogen) atoms. The summed E-state index contributed by atoms with van der Waals surface area (Å²) in [5.41, 5.74) is 13.6. The number of rotatable bonds is 2. The third-order valence-electron chi connectivity index (χ3n) is 4.05. The van der Waals surface area contributed by atoms with Gasteiger partial charge in [0.15, 0.2) is 0 Å². The maximum atomic E-state index is 6.38. The summed E-state index contributed by atoms with van der Waals surface area (Å²) in [6, 6.07) is 17.8. The first-order valence-corrected chi connectivity index (χ1v) is 7.82. The van der Waals surface area contributed by atoms with Crippen molar-refractivity contribution in [2.24, 2.45) is 5.10 Å². The van der Waals surface area contributed by atoms with Crippen LogP contribution in [-0.2, 0) is 0 Å². The molecule has 4 rings (SSSR count). The van der Waals surface area contributed by atoms with E-state index in [9.17, 15) is 0 Å². The van der Waals surface area contributed by atoms with Crippen LogP contribution in [0.2, 0.25) is 5.15 Å². The van der Waals surface area contributed by atoms with E-state index in [4.69, 9.17) is 17.3 Å². The molecule has 1 atom stereocenters. The molecule has 114 valence electrons. The number of fused-ring (bicyclic) bond motifs is 1. The van der Waals surface area contributed by atoms with Crippen LogP contribution >= 0.6 is 11.6 Å². The molecule has 1 aliphatic heterocycles. The van der Waals surface area contributed by atoms with Gasteiger partial charge in [-0.25, -0.2) is 4.98 Å². The number of benzene rings is 2. The van der Waals surface area contributed by atoms with Crippen LogP contribution in [0, 0.1) is 0 Å². The van der Waals surface area contributed by atoms with Gasteiger partial charge in [0.2, 0.25) is 0 Å². The lowest BCUT2D eigenvalue weighted by molar-refractivity contribution is 0.619. The number of halogens is 1. The summed E-state index contributed by atoms with van der Waals surface area (Å²) in [6.07, 6.45) is 0.753. The molecule has 3 N–H and O–H groups in total. The number of hydrogen-bond donors (Lipinski definition) is 2. The monoisotopic (exact) mass is 322 g/mol. The summed E-state index contributed by atoms with van der Waals surface area (Å²) in [5, 5.41) is 6.04. The second-order valence-corrected chi connectivity index (χ2v) is 5.99. The summed E-state index contributed by atoms with van der Waals surface area (Å²) in [4.78, 5) is 4.49. The van der Waals surface area contributed by atoms with Gasteiger partial charge in [0.05, 0.1) is 17.3 Å². The quantitative estimate of drug-likeness (QED) is 0.555. The molecule has 0 radical (unpaired) electrons. The Morgan fingerprint density at radius 1 is 1.09 bits per heavy atom. The Morgan fingerprint density at radius 3 is 2.83 bits per heavy atom. The topological polar surface area (TPSA) is 63.3 Å². The van der Waals surface area contributed by atoms with Gasteiger partial charge in [-0.15, -0.1) is 0 Å². The van der Waals surface area contributed by atoms with Gasteiger partial charge < -0.3 is 11.2 Å². The van der Waals surface area contributed by atoms with Crippen LogP contribution in [0.15, 0.2) is 59.7 Å². The third kappa shape index (κ3) is 2.62. The molecule has 0 aliphatic carbocycles. The Balaban J connectivity index is 1.65. The molecule has 0 saturated heterocycles. The predicted octanol–water partition coefficient (Wildman–Crippen LogP) is 3.91. The number of nitrogens with two attached hydrogens (primary N) is 1. The highest BCUT2D eigenvalue weighted by Gasteiger charge is 2.24. The van der Waals surface area contributed by atoms with Gasteiger partial charge in [0.25, 0.3) is 0 Å². The molecule has 4 nitrogen and oxygen atoms in total. The second kappa shape index (κ2) is 5.56. The molecule has 1 aliphatic rings. The van der Waals surface area contributed by atoms with Crippen molar-refractivity contribution in [3.05, 3.63) is 70.9 Å². The molecule has 5 heteroatoms. The zero-order chi connectivity index (χ0) is 15.8. The van der Waals surface area contributed by atoms with Crippen molar-refractivity contribution in [1.82, 2.24) is 10.4 Å². The number of aromatic nitrogens is 1. The number of nitrogen functional groups attached to an aromatic ring is 1. The molecule has 1 aromatic heterocycles. The molecular weight excluding hydrogens is 308 g/mol. The van der Waals surface area contributed by atoms with Gasteiger partial charge in [-0.2, -0.15) is 5.10 Å². The van der Waals surface area contributed by atoms with Crippen molar-refractivity contribution in [1.29, 1.82) is 0 Å². The highest BCUT2D eigenvalue weighted by molar-refractivity contribution is 6.30. The largest absolute Gasteiger partial charge is 0.399 e. The van der Waals surface area contributed by atoms with Crippen molar-refractivity contribution in [2.75, 3.05) is 5.73 Å². The van der Waals surface area contributed by atoms with E-state index >= 15 is 0 Å². The Hall–Kier alpha value is -2.59. The number of anilines is 1. The van der Waals surface area contributed by atoms with Crippen LogP contribution in [0.1, 0.15) is 23.6 Å². The normalized spacial score (nSPS) is 17.1. The van der Waals surface area contributed by atoms with Crippen LogP contribution in [-0.4, -0.2) is 10.7 Å². The first kappa shape index (κ1) is 14.0. The summed E-state index contributed by atoms with van der Waals surface area (Å²) in [5.74, 6) is 0. The van der Waals surface area contributed by atoms with E-state index < -0.39 is 0 Å². The number of nitrogens with zero attached hydrogens (tertiary/aromatic N) is 2. The third-order valence-corrected chi connectivity index (χ3v) is 4.36. The Labute approximate surface area is 139 Å². The average molecular weight is 323 g/mol. The average Bonchev–Trinajstić information content (AvgIpc) is 3.04. The first-order valence-electron chi connectivity index (χ1n) is 7.44. The zero-order valence-corrected chi connectivity index (χ0v) is 13.1. The minimum absolute atomic E-state index is 0.0241. The fraction of sp³-hybridized carbons (Fsp3) is 0.111. The highest BCUT2D eigenvalue weighted by Crippen LogP contribution is 2.31. The molecule has 2 aromatic carbocycles. The van der Waals surface area contributed by atoms with Crippen LogP contribution in [0.25, 0.3) is 10.9 Å². The van der Waals surface area contributed by atoms with Crippen LogP contribution in [0.4, 0.5) is 5.69 Å². The zero-order valence-electron chi connectivity index (χ0n) is 12.3. The van der Waals surface area contributed by atoms with Crippen molar-refractivity contribution in [2.45, 2.75) is 12.5 Å². The van der Waals surface area contributed by atoms with Gasteiger partial charge in [0, 0.05) is 23.1 Å². The smallest absolute Gasteiger partial charge is 0.135 e. The van der Waals surface area contributed by atoms with Gasteiger partial charge in [-0.05, 0) is 29.8 Å². The lowest BCUT2D eigenvalue weighted by Crippen LogP contribution is -2.11. The van der Waals surface area contributed by atoms with Crippen molar-refractivity contribution in [3.8, 4) is 0 Å². The van der Waals surface area contributed by atoms with E-state index in [-0.39, 0.29) is 6.04 Å². The van der Waals surface area contributed by atoms with E-state index in [1.165, 1.54) is 0 Å². The van der Waals surface area contributed by atoms with Gasteiger partial charge in [-0.1, -0.05) is 41.9 Å². The lowest BCUT2D eigenvalue weighted by atomic mass is 9.99. The van der Waals surface area contributed by atoms with E-state index in [0.29, 0.717) is 5.15 Å². The van der Waals surface area contributed by atoms with Gasteiger partial charge in [0.1, 0.15) is 5.15 Å². The van der Waals surface area contributed by atoms with Gasteiger partial charge >= 0.3 is 0 Å². The second-order valence-electron chi connectivity index (χ2n) is 5.63. The number of hydrogen-bond acceptors (Lipinski definition) is 4. The van der Waals surface area contributed by atoms with Crippen molar-refractivity contribution in [3.63, 3.8) is 0 Å². The molecule has 0 unspecified atom stereocenters.